The summed E-state index contributed by atoms with van der Waals surface area (Å²) >= 11 is 1.40. The maximum Gasteiger partial charge on any atom is 0.337 e. The van der Waals surface area contributed by atoms with Crippen LogP contribution in [0.1, 0.15) is 35.3 Å². The van der Waals surface area contributed by atoms with E-state index in [0.29, 0.717) is 16.9 Å². The summed E-state index contributed by atoms with van der Waals surface area (Å²) in [7, 11) is 1.36. The Balaban J connectivity index is 1.93. The fourth-order valence-corrected chi connectivity index (χ4v) is 4.07. The summed E-state index contributed by atoms with van der Waals surface area (Å²) < 4.78 is 7.66. The maximum absolute atomic E-state index is 12.5. The van der Waals surface area contributed by atoms with Crippen molar-refractivity contribution in [2.75, 3.05) is 7.11 Å². The molecule has 0 aliphatic carbocycles. The van der Waals surface area contributed by atoms with Crippen LogP contribution in [0.4, 0.5) is 0 Å². The van der Waals surface area contributed by atoms with Gasteiger partial charge in [0.15, 0.2) is 4.80 Å². The van der Waals surface area contributed by atoms with Gasteiger partial charge in [-0.25, -0.2) is 4.79 Å². The molecule has 3 rings (SSSR count). The fraction of sp³-hybridized carbons (Fsp3) is 0.286. The number of benzene rings is 2. The number of aryl methyl sites for hydroxylation is 2. The molecule has 0 unspecified atom stereocenters. The Bertz CT molecular complexity index is 1050. The van der Waals surface area contributed by atoms with Crippen LogP contribution in [-0.4, -0.2) is 23.6 Å². The number of hydrogen-bond acceptors (Lipinski definition) is 4. The van der Waals surface area contributed by atoms with Gasteiger partial charge in [0, 0.05) is 6.54 Å². The standard InChI is InChI=1S/C21H22N2O3S/c1-4-14-6-8-15(9-7-14)12-19(24)22-21-23(5-2)17-11-10-16(20(25)26-3)13-18(17)27-21/h6-11,13H,4-5,12H2,1-3H3. The Hall–Kier alpha value is -2.73. The van der Waals surface area contributed by atoms with Crippen molar-refractivity contribution < 1.29 is 14.3 Å². The van der Waals surface area contributed by atoms with E-state index in [4.69, 9.17) is 4.74 Å². The van der Waals surface area contributed by atoms with E-state index in [2.05, 4.69) is 11.9 Å². The van der Waals surface area contributed by atoms with Crippen LogP contribution in [0.5, 0.6) is 0 Å². The maximum atomic E-state index is 12.5. The molecular weight excluding hydrogens is 360 g/mol. The zero-order valence-electron chi connectivity index (χ0n) is 15.7. The quantitative estimate of drug-likeness (QED) is 0.632. The second kappa shape index (κ2) is 8.31. The molecule has 1 heterocycles. The molecule has 2 aromatic carbocycles. The summed E-state index contributed by atoms with van der Waals surface area (Å²) in [5.74, 6) is -0.556. The SMILES string of the molecule is CCc1ccc(CC(=O)N=c2sc3cc(C(=O)OC)ccc3n2CC)cc1. The van der Waals surface area contributed by atoms with Crippen molar-refractivity contribution in [3.63, 3.8) is 0 Å². The Morgan fingerprint density at radius 3 is 2.41 bits per heavy atom. The summed E-state index contributed by atoms with van der Waals surface area (Å²) in [6, 6.07) is 13.4. The number of nitrogens with zero attached hydrogens (tertiary/aromatic N) is 2. The average Bonchev–Trinajstić information content (AvgIpc) is 3.03. The van der Waals surface area contributed by atoms with Crippen molar-refractivity contribution in [1.82, 2.24) is 4.57 Å². The van der Waals surface area contributed by atoms with Gasteiger partial charge in [-0.05, 0) is 42.7 Å². The van der Waals surface area contributed by atoms with Crippen molar-refractivity contribution in [1.29, 1.82) is 0 Å². The number of ether oxygens (including phenoxy) is 1. The highest BCUT2D eigenvalue weighted by Gasteiger charge is 2.11. The molecule has 5 nitrogen and oxygen atoms in total. The van der Waals surface area contributed by atoms with Crippen LogP contribution < -0.4 is 4.80 Å². The molecule has 0 aliphatic heterocycles. The van der Waals surface area contributed by atoms with E-state index in [0.717, 1.165) is 22.2 Å². The van der Waals surface area contributed by atoms with Crippen molar-refractivity contribution >= 4 is 33.4 Å². The number of esters is 1. The van der Waals surface area contributed by atoms with E-state index in [1.54, 1.807) is 12.1 Å². The first-order valence-electron chi connectivity index (χ1n) is 8.92. The Morgan fingerprint density at radius 2 is 1.78 bits per heavy atom. The molecule has 0 spiro atoms. The molecule has 0 fully saturated rings. The number of thiazole rings is 1. The Labute approximate surface area is 161 Å². The van der Waals surface area contributed by atoms with Crippen molar-refractivity contribution in [2.45, 2.75) is 33.2 Å². The van der Waals surface area contributed by atoms with E-state index in [1.807, 2.05) is 41.8 Å². The van der Waals surface area contributed by atoms with E-state index < -0.39 is 0 Å². The van der Waals surface area contributed by atoms with Crippen molar-refractivity contribution in [3.05, 3.63) is 64.0 Å². The van der Waals surface area contributed by atoms with Gasteiger partial charge in [0.1, 0.15) is 0 Å². The molecule has 1 aromatic heterocycles. The van der Waals surface area contributed by atoms with Crippen molar-refractivity contribution in [3.8, 4) is 0 Å². The van der Waals surface area contributed by atoms with Gasteiger partial charge in [0.25, 0.3) is 5.91 Å². The summed E-state index contributed by atoms with van der Waals surface area (Å²) in [5, 5.41) is 0. The number of fused-ring (bicyclic) bond motifs is 1. The van der Waals surface area contributed by atoms with Crippen molar-refractivity contribution in [2.24, 2.45) is 4.99 Å². The van der Waals surface area contributed by atoms with Gasteiger partial charge in [-0.2, -0.15) is 4.99 Å². The molecule has 6 heteroatoms. The minimum Gasteiger partial charge on any atom is -0.465 e. The lowest BCUT2D eigenvalue weighted by atomic mass is 10.1. The highest BCUT2D eigenvalue weighted by Crippen LogP contribution is 2.20. The highest BCUT2D eigenvalue weighted by molar-refractivity contribution is 7.16. The van der Waals surface area contributed by atoms with Gasteiger partial charge in [0.2, 0.25) is 0 Å². The molecule has 0 radical (unpaired) electrons. The van der Waals surface area contributed by atoms with Gasteiger partial charge in [-0.3, -0.25) is 4.79 Å². The second-order valence-corrected chi connectivity index (χ2v) is 7.16. The van der Waals surface area contributed by atoms with Gasteiger partial charge < -0.3 is 9.30 Å². The summed E-state index contributed by atoms with van der Waals surface area (Å²) in [6.45, 7) is 4.80. The van der Waals surface area contributed by atoms with Crippen LogP contribution in [0.15, 0.2) is 47.5 Å². The van der Waals surface area contributed by atoms with Crippen LogP contribution in [0.2, 0.25) is 0 Å². The number of aromatic nitrogens is 1. The molecule has 3 aromatic rings. The summed E-state index contributed by atoms with van der Waals surface area (Å²) in [4.78, 5) is 29.2. The lowest BCUT2D eigenvalue weighted by molar-refractivity contribution is -0.117. The lowest BCUT2D eigenvalue weighted by Crippen LogP contribution is -2.16. The fourth-order valence-electron chi connectivity index (χ4n) is 2.92. The van der Waals surface area contributed by atoms with Crippen LogP contribution in [-0.2, 0) is 28.9 Å². The first-order valence-corrected chi connectivity index (χ1v) is 9.74. The van der Waals surface area contributed by atoms with Gasteiger partial charge in [-0.15, -0.1) is 0 Å². The summed E-state index contributed by atoms with van der Waals surface area (Å²) in [6.07, 6.45) is 1.25. The number of rotatable bonds is 5. The van der Waals surface area contributed by atoms with Crippen LogP contribution in [0.3, 0.4) is 0 Å². The van der Waals surface area contributed by atoms with Crippen LogP contribution in [0.25, 0.3) is 10.2 Å². The lowest BCUT2D eigenvalue weighted by Gasteiger charge is -2.02. The third-order valence-corrected chi connectivity index (χ3v) is 5.47. The molecule has 0 saturated carbocycles. The predicted octanol–water partition coefficient (Wildman–Crippen LogP) is 3.74. The summed E-state index contributed by atoms with van der Waals surface area (Å²) in [5.41, 5.74) is 3.65. The Kier molecular flexibility index (Phi) is 5.86. The first kappa shape index (κ1) is 19.0. The minimum atomic E-state index is -0.376. The number of amides is 1. The smallest absolute Gasteiger partial charge is 0.337 e. The molecule has 140 valence electrons. The minimum absolute atomic E-state index is 0.179. The molecule has 27 heavy (non-hydrogen) atoms. The zero-order chi connectivity index (χ0) is 19.4. The van der Waals surface area contributed by atoms with Crippen LogP contribution >= 0.6 is 11.3 Å². The monoisotopic (exact) mass is 382 g/mol. The molecule has 0 atom stereocenters. The number of methoxy groups -OCH3 is 1. The number of hydrogen-bond donors (Lipinski definition) is 0. The molecule has 0 saturated heterocycles. The van der Waals surface area contributed by atoms with E-state index in [-0.39, 0.29) is 18.3 Å². The number of carbonyl (C=O) groups is 2. The average molecular weight is 382 g/mol. The van der Waals surface area contributed by atoms with E-state index in [1.165, 1.54) is 24.0 Å². The zero-order valence-corrected chi connectivity index (χ0v) is 16.5. The van der Waals surface area contributed by atoms with E-state index in [9.17, 15) is 9.59 Å². The molecular formula is C21H22N2O3S. The predicted molar refractivity (Wildman–Crippen MR) is 107 cm³/mol. The van der Waals surface area contributed by atoms with Gasteiger partial charge in [-0.1, -0.05) is 42.5 Å². The highest BCUT2D eigenvalue weighted by atomic mass is 32.1. The molecule has 0 N–H and O–H groups in total. The molecule has 0 aliphatic rings. The Morgan fingerprint density at radius 1 is 1.07 bits per heavy atom. The number of carbonyl (C=O) groups excluding carboxylic acids is 2. The second-order valence-electron chi connectivity index (χ2n) is 6.16. The van der Waals surface area contributed by atoms with E-state index >= 15 is 0 Å². The molecule has 0 bridgehead atoms. The first-order chi connectivity index (χ1) is 13.0. The van der Waals surface area contributed by atoms with Gasteiger partial charge in [0.05, 0.1) is 29.3 Å². The third-order valence-electron chi connectivity index (χ3n) is 4.43. The third kappa shape index (κ3) is 4.17. The normalized spacial score (nSPS) is 11.7. The van der Waals surface area contributed by atoms with Gasteiger partial charge >= 0.3 is 5.97 Å². The topological polar surface area (TPSA) is 60.7 Å². The largest absolute Gasteiger partial charge is 0.465 e. The molecule has 1 amide bonds. The van der Waals surface area contributed by atoms with Crippen LogP contribution in [0, 0.1) is 0 Å².